The number of rotatable bonds is 3. The molecule has 1 aromatic carbocycles. The standard InChI is InChI=1S/C11H13N3O.C6H3F/c1-11(15,7-14-9-12-8-13-14)10-5-3-2-4-6-10;7-6-3-4-1-2-5(4)6/h2-6,8-9,15H,7H2,1H3;1-3H. The summed E-state index contributed by atoms with van der Waals surface area (Å²) in [6.07, 6.45) is 3.05. The molecule has 1 heterocycles. The summed E-state index contributed by atoms with van der Waals surface area (Å²) in [5.41, 5.74) is -0.0462. The van der Waals surface area contributed by atoms with Crippen LogP contribution in [0.15, 0.2) is 61.2 Å². The molecule has 2 aliphatic carbocycles. The Balaban J connectivity index is 0.000000169. The summed E-state index contributed by atoms with van der Waals surface area (Å²) < 4.78 is 13.6. The maximum atomic E-state index is 12.0. The summed E-state index contributed by atoms with van der Waals surface area (Å²) in [6, 6.07) is 14.8. The lowest BCUT2D eigenvalue weighted by Crippen LogP contribution is -2.27. The molecule has 1 N–H and O–H groups in total. The van der Waals surface area contributed by atoms with Crippen LogP contribution in [0, 0.1) is 16.3 Å². The van der Waals surface area contributed by atoms with Crippen molar-refractivity contribution in [3.8, 4) is 0 Å². The van der Waals surface area contributed by atoms with Gasteiger partial charge in [-0.2, -0.15) is 5.10 Å². The molecule has 0 spiro atoms. The summed E-state index contributed by atoms with van der Waals surface area (Å²) in [7, 11) is 0. The van der Waals surface area contributed by atoms with Gasteiger partial charge in [0.2, 0.25) is 0 Å². The number of hydrogen-bond donors (Lipinski definition) is 1. The fourth-order valence-corrected chi connectivity index (χ4v) is 2.26. The van der Waals surface area contributed by atoms with E-state index in [1.54, 1.807) is 24.0 Å². The average molecular weight is 297 g/mol. The second-order valence-corrected chi connectivity index (χ2v) is 5.43. The number of nitrogens with zero attached hydrogens (tertiary/aromatic N) is 3. The first-order valence-corrected chi connectivity index (χ1v) is 6.96. The number of aliphatic hydroxyl groups is 1. The zero-order valence-corrected chi connectivity index (χ0v) is 12.1. The lowest BCUT2D eigenvalue weighted by molar-refractivity contribution is 0.0345. The summed E-state index contributed by atoms with van der Waals surface area (Å²) in [5, 5.41) is 16.1. The van der Waals surface area contributed by atoms with Gasteiger partial charge < -0.3 is 5.11 Å². The fourth-order valence-electron chi connectivity index (χ4n) is 2.26. The Bertz CT molecular complexity index is 845. The molecule has 4 rings (SSSR count). The van der Waals surface area contributed by atoms with Gasteiger partial charge in [0.1, 0.15) is 24.1 Å². The Morgan fingerprint density at radius 2 is 1.95 bits per heavy atom. The van der Waals surface area contributed by atoms with Gasteiger partial charge in [0.25, 0.3) is 0 Å². The molecule has 2 aliphatic rings. The Kier molecular flexibility index (Phi) is 3.73. The summed E-state index contributed by atoms with van der Waals surface area (Å²) >= 11 is 0. The van der Waals surface area contributed by atoms with Crippen LogP contribution in [0.2, 0.25) is 0 Å². The van der Waals surface area contributed by atoms with E-state index in [0.717, 1.165) is 16.0 Å². The minimum Gasteiger partial charge on any atom is -0.384 e. The lowest BCUT2D eigenvalue weighted by Gasteiger charge is -2.23. The summed E-state index contributed by atoms with van der Waals surface area (Å²) in [4.78, 5) is 3.84. The molecule has 1 atom stereocenters. The maximum Gasteiger partial charge on any atom is 0.137 e. The van der Waals surface area contributed by atoms with E-state index in [1.165, 1.54) is 12.4 Å². The van der Waals surface area contributed by atoms with Gasteiger partial charge >= 0.3 is 0 Å². The van der Waals surface area contributed by atoms with E-state index >= 15 is 0 Å². The second-order valence-electron chi connectivity index (χ2n) is 5.43. The van der Waals surface area contributed by atoms with E-state index in [4.69, 9.17) is 0 Å². The van der Waals surface area contributed by atoms with Crippen LogP contribution in [-0.4, -0.2) is 19.9 Å². The van der Waals surface area contributed by atoms with Crippen LogP contribution >= 0.6 is 0 Å². The highest BCUT2D eigenvalue weighted by Crippen LogP contribution is 2.21. The molecule has 22 heavy (non-hydrogen) atoms. The highest BCUT2D eigenvalue weighted by Gasteiger charge is 2.23. The molecule has 112 valence electrons. The zero-order chi connectivity index (χ0) is 15.6. The molecule has 0 aliphatic heterocycles. The van der Waals surface area contributed by atoms with Gasteiger partial charge in [-0.25, -0.2) is 14.1 Å². The number of halogens is 1. The Hall–Kier alpha value is -2.53. The van der Waals surface area contributed by atoms with Crippen LogP contribution in [0.25, 0.3) is 0 Å². The molecule has 5 heteroatoms. The van der Waals surface area contributed by atoms with E-state index in [9.17, 15) is 9.50 Å². The maximum absolute atomic E-state index is 12.0. The van der Waals surface area contributed by atoms with Crippen molar-refractivity contribution in [1.82, 2.24) is 14.8 Å². The monoisotopic (exact) mass is 297 g/mol. The molecular weight excluding hydrogens is 281 g/mol. The fraction of sp³-hybridized carbons (Fsp3) is 0.176. The van der Waals surface area contributed by atoms with Gasteiger partial charge in [-0.3, -0.25) is 0 Å². The number of hydrogen-bond acceptors (Lipinski definition) is 3. The Morgan fingerprint density at radius 3 is 2.36 bits per heavy atom. The van der Waals surface area contributed by atoms with Crippen molar-refractivity contribution in [1.29, 1.82) is 0 Å². The topological polar surface area (TPSA) is 50.9 Å². The molecular formula is C17H16FN3O. The quantitative estimate of drug-likeness (QED) is 0.632. The van der Waals surface area contributed by atoms with Crippen LogP contribution in [0.3, 0.4) is 0 Å². The molecule has 2 aromatic rings. The largest absolute Gasteiger partial charge is 0.384 e. The number of benzene rings is 2. The highest BCUT2D eigenvalue weighted by molar-refractivity contribution is 5.24. The first-order chi connectivity index (χ1) is 10.6. The number of aromatic nitrogens is 3. The molecule has 1 aromatic heterocycles. The van der Waals surface area contributed by atoms with Crippen LogP contribution < -0.4 is 0 Å². The SMILES string of the molecule is CC(O)(Cn1cncn1)c1ccccc1.Fc1cc2ccc1=2. The minimum absolute atomic E-state index is 0.0579. The van der Waals surface area contributed by atoms with Gasteiger partial charge in [-0.1, -0.05) is 42.5 Å². The second kappa shape index (κ2) is 5.69. The van der Waals surface area contributed by atoms with Crippen LogP contribution in [-0.2, 0) is 12.1 Å². The first kappa shape index (κ1) is 14.4. The van der Waals surface area contributed by atoms with Crippen molar-refractivity contribution >= 4 is 0 Å². The summed E-state index contributed by atoms with van der Waals surface area (Å²) in [6.45, 7) is 2.17. The van der Waals surface area contributed by atoms with Crippen molar-refractivity contribution in [2.24, 2.45) is 0 Å². The molecule has 4 nitrogen and oxygen atoms in total. The van der Waals surface area contributed by atoms with Crippen molar-refractivity contribution < 1.29 is 9.50 Å². The van der Waals surface area contributed by atoms with E-state index in [2.05, 4.69) is 10.1 Å². The molecule has 0 amide bonds. The molecule has 1 unspecified atom stereocenters. The third-order valence-electron chi connectivity index (χ3n) is 3.61. The van der Waals surface area contributed by atoms with Crippen LogP contribution in [0.4, 0.5) is 4.39 Å². The summed E-state index contributed by atoms with van der Waals surface area (Å²) in [5.74, 6) is -0.0579. The zero-order valence-electron chi connectivity index (χ0n) is 12.1. The average Bonchev–Trinajstić information content (AvgIpc) is 2.98. The molecule has 0 bridgehead atoms. The van der Waals surface area contributed by atoms with Crippen molar-refractivity contribution in [2.45, 2.75) is 19.1 Å². The van der Waals surface area contributed by atoms with E-state index in [-0.39, 0.29) is 5.82 Å². The van der Waals surface area contributed by atoms with Gasteiger partial charge in [0, 0.05) is 5.22 Å². The van der Waals surface area contributed by atoms with Crippen molar-refractivity contribution in [3.63, 3.8) is 0 Å². The van der Waals surface area contributed by atoms with Gasteiger partial charge in [-0.05, 0) is 23.8 Å². The smallest absolute Gasteiger partial charge is 0.137 e. The Labute approximate surface area is 127 Å². The molecule has 0 fully saturated rings. The Morgan fingerprint density at radius 1 is 1.18 bits per heavy atom. The molecule has 0 radical (unpaired) electrons. The van der Waals surface area contributed by atoms with Crippen LogP contribution in [0.1, 0.15) is 12.5 Å². The van der Waals surface area contributed by atoms with E-state index < -0.39 is 5.60 Å². The normalized spacial score (nSPS) is 13.8. The lowest BCUT2D eigenvalue weighted by atomic mass is 9.96. The third kappa shape index (κ3) is 2.89. The van der Waals surface area contributed by atoms with Crippen molar-refractivity contribution in [3.05, 3.63) is 83.0 Å². The van der Waals surface area contributed by atoms with Crippen molar-refractivity contribution in [2.75, 3.05) is 0 Å². The molecule has 0 saturated heterocycles. The van der Waals surface area contributed by atoms with Gasteiger partial charge in [0.05, 0.1) is 6.54 Å². The third-order valence-corrected chi connectivity index (χ3v) is 3.61. The predicted octanol–water partition coefficient (Wildman–Crippen LogP) is 2.61. The van der Waals surface area contributed by atoms with Gasteiger partial charge in [-0.15, -0.1) is 0 Å². The molecule has 0 saturated carbocycles. The van der Waals surface area contributed by atoms with Crippen LogP contribution in [0.5, 0.6) is 0 Å². The van der Waals surface area contributed by atoms with Gasteiger partial charge in [0.15, 0.2) is 0 Å². The minimum atomic E-state index is -0.922. The highest BCUT2D eigenvalue weighted by atomic mass is 19.1. The first-order valence-electron chi connectivity index (χ1n) is 6.96. The predicted molar refractivity (Wildman–Crippen MR) is 80.1 cm³/mol. The van der Waals surface area contributed by atoms with E-state index in [0.29, 0.717) is 6.54 Å². The van der Waals surface area contributed by atoms with E-state index in [1.807, 2.05) is 36.4 Å².